The Kier molecular flexibility index (Phi) is 5.88. The summed E-state index contributed by atoms with van der Waals surface area (Å²) in [6, 6.07) is 15.0. The molecule has 1 N–H and O–H groups in total. The van der Waals surface area contributed by atoms with Crippen LogP contribution in [-0.2, 0) is 16.1 Å². The van der Waals surface area contributed by atoms with Crippen LogP contribution in [0.3, 0.4) is 0 Å². The smallest absolute Gasteiger partial charge is 0.317 e. The number of hydrogen-bond donors (Lipinski definition) is 1. The molecule has 31 heavy (non-hydrogen) atoms. The van der Waals surface area contributed by atoms with Crippen LogP contribution in [0.1, 0.15) is 24.1 Å². The maximum atomic E-state index is 12.8. The number of carbonyl (C=O) groups is 1. The van der Waals surface area contributed by atoms with E-state index in [0.29, 0.717) is 29.8 Å². The fraction of sp³-hybridized carbons (Fsp3) is 0.261. The largest absolute Gasteiger partial charge is 0.493 e. The van der Waals surface area contributed by atoms with Crippen molar-refractivity contribution in [2.45, 2.75) is 19.6 Å². The Morgan fingerprint density at radius 1 is 1.19 bits per heavy atom. The first-order chi connectivity index (χ1) is 15.1. The van der Waals surface area contributed by atoms with E-state index < -0.39 is 12.0 Å². The number of rotatable bonds is 7. The average Bonchev–Trinajstić information content (AvgIpc) is 3.25. The predicted molar refractivity (Wildman–Crippen MR) is 115 cm³/mol. The lowest BCUT2D eigenvalue weighted by molar-refractivity contribution is -0.147. The monoisotopic (exact) mass is 420 g/mol. The molecule has 2 heterocycles. The third-order valence-corrected chi connectivity index (χ3v) is 5.11. The molecular formula is C23H24N4O4. The van der Waals surface area contributed by atoms with Gasteiger partial charge in [-0.05, 0) is 30.2 Å². The van der Waals surface area contributed by atoms with Crippen molar-refractivity contribution in [1.29, 1.82) is 0 Å². The number of ether oxygens (including phenoxy) is 3. The summed E-state index contributed by atoms with van der Waals surface area (Å²) in [6.45, 7) is 6.49. The van der Waals surface area contributed by atoms with Crippen molar-refractivity contribution < 1.29 is 19.0 Å². The number of fused-ring (bicyclic) bond motifs is 1. The van der Waals surface area contributed by atoms with E-state index >= 15 is 0 Å². The van der Waals surface area contributed by atoms with Gasteiger partial charge in [0.2, 0.25) is 5.95 Å². The highest BCUT2D eigenvalue weighted by Crippen LogP contribution is 2.40. The Labute approximate surface area is 180 Å². The molecule has 3 aromatic rings. The van der Waals surface area contributed by atoms with Gasteiger partial charge in [0.25, 0.3) is 0 Å². The highest BCUT2D eigenvalue weighted by atomic mass is 16.5. The van der Waals surface area contributed by atoms with Crippen molar-refractivity contribution in [2.75, 3.05) is 19.0 Å². The van der Waals surface area contributed by atoms with Crippen LogP contribution in [-0.4, -0.2) is 34.5 Å². The molecule has 2 atom stereocenters. The Hall–Kier alpha value is -3.81. The number of anilines is 1. The zero-order valence-corrected chi connectivity index (χ0v) is 17.4. The molecule has 8 heteroatoms. The minimum atomic E-state index is -0.671. The molecule has 1 aliphatic rings. The van der Waals surface area contributed by atoms with Crippen molar-refractivity contribution in [2.24, 2.45) is 5.92 Å². The van der Waals surface area contributed by atoms with Crippen molar-refractivity contribution in [3.8, 4) is 11.5 Å². The fourth-order valence-corrected chi connectivity index (χ4v) is 3.66. The SMILES string of the molecule is C=C1Nc2ncnn2C(c2ccc(OCc3ccccc3)c(OC)c2)C1C(=O)OCC. The van der Waals surface area contributed by atoms with E-state index in [-0.39, 0.29) is 12.6 Å². The lowest BCUT2D eigenvalue weighted by Gasteiger charge is -2.33. The molecule has 1 aliphatic heterocycles. The Morgan fingerprint density at radius 3 is 2.74 bits per heavy atom. The third-order valence-electron chi connectivity index (χ3n) is 5.11. The zero-order valence-electron chi connectivity index (χ0n) is 17.4. The third kappa shape index (κ3) is 4.09. The molecular weight excluding hydrogens is 396 g/mol. The minimum absolute atomic E-state index is 0.273. The first-order valence-electron chi connectivity index (χ1n) is 9.99. The van der Waals surface area contributed by atoms with E-state index in [1.165, 1.54) is 6.33 Å². The van der Waals surface area contributed by atoms with Gasteiger partial charge in [0.15, 0.2) is 11.5 Å². The molecule has 0 spiro atoms. The van der Waals surface area contributed by atoms with E-state index in [4.69, 9.17) is 14.2 Å². The first kappa shape index (κ1) is 20.5. The number of carbonyl (C=O) groups excluding carboxylic acids is 1. The van der Waals surface area contributed by atoms with Crippen LogP contribution in [0.5, 0.6) is 11.5 Å². The fourth-order valence-electron chi connectivity index (χ4n) is 3.66. The molecule has 8 nitrogen and oxygen atoms in total. The van der Waals surface area contributed by atoms with Gasteiger partial charge in [-0.25, -0.2) is 4.68 Å². The molecule has 0 radical (unpaired) electrons. The van der Waals surface area contributed by atoms with E-state index in [9.17, 15) is 4.79 Å². The second-order valence-electron chi connectivity index (χ2n) is 7.04. The van der Waals surface area contributed by atoms with Gasteiger partial charge in [0.05, 0.1) is 19.8 Å². The molecule has 0 bridgehead atoms. The average molecular weight is 420 g/mol. The standard InChI is InChI=1S/C23H24N4O4/c1-4-30-22(28)20-15(2)26-23-24-14-25-27(23)21(20)17-10-11-18(19(12-17)29-3)31-13-16-8-6-5-7-9-16/h5-12,14,20-21H,2,4,13H2,1,3H3,(H,24,25,26). The predicted octanol–water partition coefficient (Wildman–Crippen LogP) is 3.57. The van der Waals surface area contributed by atoms with Crippen LogP contribution in [0.15, 0.2) is 67.1 Å². The van der Waals surface area contributed by atoms with Gasteiger partial charge in [0, 0.05) is 5.70 Å². The van der Waals surface area contributed by atoms with Crippen molar-refractivity contribution in [3.05, 3.63) is 78.3 Å². The molecule has 2 unspecified atom stereocenters. The van der Waals surface area contributed by atoms with Gasteiger partial charge in [-0.15, -0.1) is 0 Å². The van der Waals surface area contributed by atoms with Crippen molar-refractivity contribution in [3.63, 3.8) is 0 Å². The summed E-state index contributed by atoms with van der Waals surface area (Å²) in [5.41, 5.74) is 2.36. The number of esters is 1. The van der Waals surface area contributed by atoms with Crippen LogP contribution in [0.25, 0.3) is 0 Å². The normalized spacial score (nSPS) is 17.4. The number of benzene rings is 2. The molecule has 0 saturated carbocycles. The molecule has 2 aromatic carbocycles. The van der Waals surface area contributed by atoms with E-state index in [1.54, 1.807) is 18.7 Å². The summed E-state index contributed by atoms with van der Waals surface area (Å²) in [6.07, 6.45) is 1.44. The van der Waals surface area contributed by atoms with Crippen LogP contribution in [0, 0.1) is 5.92 Å². The number of methoxy groups -OCH3 is 1. The topological polar surface area (TPSA) is 87.5 Å². The van der Waals surface area contributed by atoms with Gasteiger partial charge in [-0.1, -0.05) is 43.0 Å². The van der Waals surface area contributed by atoms with Gasteiger partial charge in [-0.3, -0.25) is 4.79 Å². The zero-order chi connectivity index (χ0) is 21.8. The van der Waals surface area contributed by atoms with Crippen LogP contribution < -0.4 is 14.8 Å². The Balaban J connectivity index is 1.67. The maximum absolute atomic E-state index is 12.8. The summed E-state index contributed by atoms with van der Waals surface area (Å²) in [5, 5.41) is 7.36. The van der Waals surface area contributed by atoms with E-state index in [2.05, 4.69) is 22.0 Å². The summed E-state index contributed by atoms with van der Waals surface area (Å²) in [4.78, 5) is 17.0. The lowest BCUT2D eigenvalue weighted by atomic mass is 9.89. The maximum Gasteiger partial charge on any atom is 0.317 e. The van der Waals surface area contributed by atoms with Gasteiger partial charge >= 0.3 is 5.97 Å². The van der Waals surface area contributed by atoms with E-state index in [1.807, 2.05) is 48.5 Å². The molecule has 160 valence electrons. The molecule has 4 rings (SSSR count). The van der Waals surface area contributed by atoms with Crippen LogP contribution in [0.2, 0.25) is 0 Å². The summed E-state index contributed by atoms with van der Waals surface area (Å²) in [7, 11) is 1.58. The van der Waals surface area contributed by atoms with Gasteiger partial charge in [0.1, 0.15) is 18.9 Å². The van der Waals surface area contributed by atoms with Crippen LogP contribution in [0.4, 0.5) is 5.95 Å². The molecule has 0 aliphatic carbocycles. The second kappa shape index (κ2) is 8.91. The number of hydrogen-bond acceptors (Lipinski definition) is 7. The summed E-state index contributed by atoms with van der Waals surface area (Å²) < 4.78 is 18.5. The summed E-state index contributed by atoms with van der Waals surface area (Å²) >= 11 is 0. The molecule has 1 aromatic heterocycles. The summed E-state index contributed by atoms with van der Waals surface area (Å²) in [5.74, 6) is 0.625. The van der Waals surface area contributed by atoms with Crippen molar-refractivity contribution >= 4 is 11.9 Å². The number of aromatic nitrogens is 3. The van der Waals surface area contributed by atoms with E-state index in [0.717, 1.165) is 11.1 Å². The van der Waals surface area contributed by atoms with Gasteiger partial charge in [-0.2, -0.15) is 10.1 Å². The quantitative estimate of drug-likeness (QED) is 0.585. The second-order valence-corrected chi connectivity index (χ2v) is 7.04. The highest BCUT2D eigenvalue weighted by molar-refractivity contribution is 5.79. The Bertz CT molecular complexity index is 1080. The highest BCUT2D eigenvalue weighted by Gasteiger charge is 2.40. The first-order valence-corrected chi connectivity index (χ1v) is 9.99. The molecule has 0 amide bonds. The minimum Gasteiger partial charge on any atom is -0.493 e. The molecule has 0 saturated heterocycles. The lowest BCUT2D eigenvalue weighted by Crippen LogP contribution is -2.37. The van der Waals surface area contributed by atoms with Crippen molar-refractivity contribution in [1.82, 2.24) is 14.8 Å². The number of nitrogens with zero attached hydrogens (tertiary/aromatic N) is 3. The Morgan fingerprint density at radius 2 is 2.00 bits per heavy atom. The van der Waals surface area contributed by atoms with Crippen LogP contribution >= 0.6 is 0 Å². The number of nitrogens with one attached hydrogen (secondary N) is 1. The molecule has 0 fully saturated rings. The van der Waals surface area contributed by atoms with Gasteiger partial charge < -0.3 is 19.5 Å².